The van der Waals surface area contributed by atoms with Crippen molar-refractivity contribution in [2.24, 2.45) is 5.41 Å². The number of aliphatic hydroxyl groups excluding tert-OH is 1. The first-order valence-electron chi connectivity index (χ1n) is 6.06. The highest BCUT2D eigenvalue weighted by Crippen LogP contribution is 2.33. The van der Waals surface area contributed by atoms with Crippen LogP contribution in [0.5, 0.6) is 0 Å². The summed E-state index contributed by atoms with van der Waals surface area (Å²) < 4.78 is 13.9. The van der Waals surface area contributed by atoms with Gasteiger partial charge in [0.15, 0.2) is 5.82 Å². The predicted octanol–water partition coefficient (Wildman–Crippen LogP) is 2.85. The fourth-order valence-electron chi connectivity index (χ4n) is 1.84. The fourth-order valence-corrected chi connectivity index (χ4v) is 1.99. The first-order chi connectivity index (χ1) is 8.61. The van der Waals surface area contributed by atoms with E-state index in [-0.39, 0.29) is 34.0 Å². The van der Waals surface area contributed by atoms with Crippen molar-refractivity contribution in [3.05, 3.63) is 16.9 Å². The molecular weight excluding hydrogens is 269 g/mol. The Labute approximate surface area is 117 Å². The molecule has 0 spiro atoms. The molecule has 19 heavy (non-hydrogen) atoms. The van der Waals surface area contributed by atoms with Crippen molar-refractivity contribution >= 4 is 28.7 Å². The van der Waals surface area contributed by atoms with Crippen molar-refractivity contribution in [3.63, 3.8) is 0 Å². The molecule has 1 aromatic rings. The number of halogens is 2. The first-order valence-corrected chi connectivity index (χ1v) is 6.44. The number of nitrogen functional groups attached to an aromatic ring is 2. The van der Waals surface area contributed by atoms with Crippen LogP contribution in [0.1, 0.15) is 27.2 Å². The van der Waals surface area contributed by atoms with E-state index in [2.05, 4.69) is 5.32 Å². The summed E-state index contributed by atoms with van der Waals surface area (Å²) in [6.07, 6.45) is -0.0142. The lowest BCUT2D eigenvalue weighted by Gasteiger charge is -2.23. The van der Waals surface area contributed by atoms with Gasteiger partial charge >= 0.3 is 0 Å². The molecule has 1 rings (SSSR count). The molecule has 0 aliphatic heterocycles. The average Bonchev–Trinajstić information content (AvgIpc) is 2.23. The summed E-state index contributed by atoms with van der Waals surface area (Å²) in [7, 11) is 0. The number of nitrogens with one attached hydrogen (secondary N) is 1. The van der Waals surface area contributed by atoms with E-state index in [0.29, 0.717) is 6.42 Å². The zero-order chi connectivity index (χ0) is 14.8. The van der Waals surface area contributed by atoms with Crippen LogP contribution in [0.15, 0.2) is 6.07 Å². The van der Waals surface area contributed by atoms with Gasteiger partial charge < -0.3 is 21.9 Å². The molecule has 6 N–H and O–H groups in total. The van der Waals surface area contributed by atoms with Crippen LogP contribution in [0.25, 0.3) is 0 Å². The highest BCUT2D eigenvalue weighted by Gasteiger charge is 2.19. The zero-order valence-electron chi connectivity index (χ0n) is 11.4. The van der Waals surface area contributed by atoms with Crippen LogP contribution in [-0.2, 0) is 0 Å². The van der Waals surface area contributed by atoms with Crippen LogP contribution in [-0.4, -0.2) is 17.8 Å². The van der Waals surface area contributed by atoms with Gasteiger partial charge in [-0.15, -0.1) is 0 Å². The molecule has 1 atom stereocenters. The van der Waals surface area contributed by atoms with E-state index in [1.807, 2.05) is 20.8 Å². The number of hydrogen-bond donors (Lipinski definition) is 4. The highest BCUT2D eigenvalue weighted by molar-refractivity contribution is 6.33. The largest absolute Gasteiger partial charge is 0.397 e. The van der Waals surface area contributed by atoms with Gasteiger partial charge in [0.2, 0.25) is 0 Å². The monoisotopic (exact) mass is 289 g/mol. The topological polar surface area (TPSA) is 84.3 Å². The third kappa shape index (κ3) is 4.44. The van der Waals surface area contributed by atoms with E-state index in [0.717, 1.165) is 0 Å². The number of nitrogens with two attached hydrogens (primary N) is 2. The Morgan fingerprint density at radius 1 is 1.37 bits per heavy atom. The zero-order valence-corrected chi connectivity index (χ0v) is 12.2. The van der Waals surface area contributed by atoms with Crippen LogP contribution in [0.2, 0.25) is 5.02 Å². The summed E-state index contributed by atoms with van der Waals surface area (Å²) in [4.78, 5) is 0. The molecule has 0 heterocycles. The summed E-state index contributed by atoms with van der Waals surface area (Å²) in [6, 6.07) is 1.39. The minimum atomic E-state index is -0.692. The molecule has 0 aliphatic carbocycles. The van der Waals surface area contributed by atoms with Crippen LogP contribution < -0.4 is 16.8 Å². The molecule has 0 amide bonds. The summed E-state index contributed by atoms with van der Waals surface area (Å²) in [5.41, 5.74) is 11.5. The van der Waals surface area contributed by atoms with Gasteiger partial charge in [0.25, 0.3) is 0 Å². The van der Waals surface area contributed by atoms with Crippen LogP contribution >= 0.6 is 11.6 Å². The predicted molar refractivity (Wildman–Crippen MR) is 78.8 cm³/mol. The van der Waals surface area contributed by atoms with Gasteiger partial charge in [-0.1, -0.05) is 32.4 Å². The molecule has 0 bridgehead atoms. The van der Waals surface area contributed by atoms with E-state index in [1.54, 1.807) is 0 Å². The van der Waals surface area contributed by atoms with Crippen LogP contribution in [0.4, 0.5) is 21.5 Å². The Morgan fingerprint density at radius 3 is 2.47 bits per heavy atom. The number of anilines is 3. The van der Waals surface area contributed by atoms with E-state index in [1.165, 1.54) is 6.07 Å². The summed E-state index contributed by atoms with van der Waals surface area (Å²) in [6.45, 7) is 6.25. The average molecular weight is 290 g/mol. The van der Waals surface area contributed by atoms with Crippen LogP contribution in [0, 0.1) is 11.2 Å². The Balaban J connectivity index is 2.76. The van der Waals surface area contributed by atoms with Gasteiger partial charge in [-0.3, -0.25) is 0 Å². The fraction of sp³-hybridized carbons (Fsp3) is 0.538. The lowest BCUT2D eigenvalue weighted by atomic mass is 9.89. The maximum atomic E-state index is 13.9. The molecule has 108 valence electrons. The van der Waals surface area contributed by atoms with E-state index in [9.17, 15) is 9.50 Å². The normalized spacial score (nSPS) is 13.4. The number of hydrogen-bond acceptors (Lipinski definition) is 4. The molecule has 0 radical (unpaired) electrons. The molecule has 0 fully saturated rings. The SMILES string of the molecule is CC(C)(C)CC(O)CNc1c(N)cc(N)c(Cl)c1F. The minimum absolute atomic E-state index is 0.00997. The van der Waals surface area contributed by atoms with E-state index < -0.39 is 11.9 Å². The number of aliphatic hydroxyl groups is 1. The Hall–Kier alpha value is -1.20. The van der Waals surface area contributed by atoms with E-state index in [4.69, 9.17) is 23.1 Å². The maximum Gasteiger partial charge on any atom is 0.169 e. The van der Waals surface area contributed by atoms with Crippen molar-refractivity contribution in [3.8, 4) is 0 Å². The molecular formula is C13H21ClFN3O. The number of rotatable bonds is 4. The second kappa shape index (κ2) is 5.84. The van der Waals surface area contributed by atoms with Crippen molar-refractivity contribution in [2.75, 3.05) is 23.3 Å². The lowest BCUT2D eigenvalue weighted by molar-refractivity contribution is 0.132. The van der Waals surface area contributed by atoms with Gasteiger partial charge in [0, 0.05) is 6.54 Å². The summed E-state index contributed by atoms with van der Waals surface area (Å²) in [5, 5.41) is 12.5. The molecule has 1 unspecified atom stereocenters. The standard InChI is InChI=1S/C13H21ClFN3O/c1-13(2,3)5-7(19)6-18-12-9(17)4-8(16)10(14)11(12)15/h4,7,18-19H,5-6,16-17H2,1-3H3. The van der Waals surface area contributed by atoms with E-state index >= 15 is 0 Å². The van der Waals surface area contributed by atoms with Crippen molar-refractivity contribution in [1.82, 2.24) is 0 Å². The highest BCUT2D eigenvalue weighted by atomic mass is 35.5. The molecule has 6 heteroatoms. The summed E-state index contributed by atoms with van der Waals surface area (Å²) >= 11 is 5.72. The maximum absolute atomic E-state index is 13.9. The Kier molecular flexibility index (Phi) is 4.87. The third-order valence-corrected chi connectivity index (χ3v) is 3.01. The second-order valence-electron chi connectivity index (χ2n) is 5.86. The molecule has 0 aliphatic rings. The molecule has 0 saturated carbocycles. The smallest absolute Gasteiger partial charge is 0.169 e. The first kappa shape index (κ1) is 15.9. The van der Waals surface area contributed by atoms with Gasteiger partial charge in [-0.25, -0.2) is 4.39 Å². The number of benzene rings is 1. The van der Waals surface area contributed by atoms with Gasteiger partial charge in [0.05, 0.1) is 23.2 Å². The third-order valence-electron chi connectivity index (χ3n) is 2.63. The van der Waals surface area contributed by atoms with Gasteiger partial charge in [0.1, 0.15) is 5.02 Å². The second-order valence-corrected chi connectivity index (χ2v) is 6.24. The molecule has 1 aromatic carbocycles. The Bertz CT molecular complexity index is 460. The molecule has 0 saturated heterocycles. The van der Waals surface area contributed by atoms with Crippen molar-refractivity contribution in [1.29, 1.82) is 0 Å². The Morgan fingerprint density at radius 2 is 1.95 bits per heavy atom. The van der Waals surface area contributed by atoms with Crippen LogP contribution in [0.3, 0.4) is 0 Å². The molecule has 4 nitrogen and oxygen atoms in total. The van der Waals surface area contributed by atoms with Gasteiger partial charge in [-0.05, 0) is 17.9 Å². The summed E-state index contributed by atoms with van der Waals surface area (Å²) in [5.74, 6) is -0.692. The van der Waals surface area contributed by atoms with Crippen molar-refractivity contribution in [2.45, 2.75) is 33.3 Å². The lowest BCUT2D eigenvalue weighted by Crippen LogP contribution is -2.25. The van der Waals surface area contributed by atoms with Crippen molar-refractivity contribution < 1.29 is 9.50 Å². The quantitative estimate of drug-likeness (QED) is 0.642. The van der Waals surface area contributed by atoms with Gasteiger partial charge in [-0.2, -0.15) is 0 Å². The minimum Gasteiger partial charge on any atom is -0.397 e. The molecule has 0 aromatic heterocycles.